The molecule has 5 heteroatoms. The third-order valence-corrected chi connectivity index (χ3v) is 3.28. The summed E-state index contributed by atoms with van der Waals surface area (Å²) in [6, 6.07) is 6.15. The van der Waals surface area contributed by atoms with E-state index in [4.69, 9.17) is 15.2 Å². The lowest BCUT2D eigenvalue weighted by Gasteiger charge is -2.30. The molecular formula is C15H22FNO3. The Hall–Kier alpha value is -1.46. The molecule has 0 fully saturated rings. The van der Waals surface area contributed by atoms with E-state index in [0.29, 0.717) is 13.2 Å². The summed E-state index contributed by atoms with van der Waals surface area (Å²) in [5.41, 5.74) is 4.87. The predicted octanol–water partition coefficient (Wildman–Crippen LogP) is 2.01. The van der Waals surface area contributed by atoms with Gasteiger partial charge in [0.1, 0.15) is 11.2 Å². The van der Waals surface area contributed by atoms with Crippen LogP contribution in [-0.2, 0) is 19.7 Å². The van der Waals surface area contributed by atoms with Gasteiger partial charge in [-0.1, -0.05) is 18.2 Å². The van der Waals surface area contributed by atoms with Crippen molar-refractivity contribution in [2.75, 3.05) is 26.4 Å². The number of benzene rings is 1. The van der Waals surface area contributed by atoms with Crippen molar-refractivity contribution in [2.45, 2.75) is 25.7 Å². The van der Waals surface area contributed by atoms with Crippen molar-refractivity contribution < 1.29 is 18.7 Å². The first-order chi connectivity index (χ1) is 9.62. The number of carbonyl (C=O) groups excluding carboxylic acids is 1. The molecule has 1 aromatic rings. The lowest BCUT2D eigenvalue weighted by Crippen LogP contribution is -2.45. The first kappa shape index (κ1) is 16.6. The first-order valence-corrected chi connectivity index (χ1v) is 6.82. The zero-order valence-corrected chi connectivity index (χ0v) is 12.0. The fourth-order valence-corrected chi connectivity index (χ4v) is 2.15. The summed E-state index contributed by atoms with van der Waals surface area (Å²) in [5, 5.41) is 0. The Bertz CT molecular complexity index is 439. The van der Waals surface area contributed by atoms with E-state index < -0.39 is 17.2 Å². The molecule has 0 bridgehead atoms. The Balaban J connectivity index is 3.16. The zero-order chi connectivity index (χ0) is 15.0. The van der Waals surface area contributed by atoms with Crippen LogP contribution < -0.4 is 5.73 Å². The largest absolute Gasteiger partial charge is 0.465 e. The molecule has 0 radical (unpaired) electrons. The maximum atomic E-state index is 14.1. The standard InChI is InChI=1S/C15H22FNO3/c1-3-19-10-9-15(11-17,14(18)20-4-2)12-7-5-6-8-13(12)16/h5-8H,3-4,9-11,17H2,1-2H3. The van der Waals surface area contributed by atoms with Crippen LogP contribution >= 0.6 is 0 Å². The second kappa shape index (κ2) is 7.97. The molecular weight excluding hydrogens is 261 g/mol. The molecule has 0 saturated heterocycles. The van der Waals surface area contributed by atoms with Crippen molar-refractivity contribution in [3.63, 3.8) is 0 Å². The maximum absolute atomic E-state index is 14.1. The van der Waals surface area contributed by atoms with E-state index in [9.17, 15) is 9.18 Å². The summed E-state index contributed by atoms with van der Waals surface area (Å²) < 4.78 is 24.5. The number of rotatable bonds is 8. The molecule has 0 aliphatic heterocycles. The third-order valence-electron chi connectivity index (χ3n) is 3.28. The van der Waals surface area contributed by atoms with Gasteiger partial charge in [-0.05, 0) is 26.3 Å². The van der Waals surface area contributed by atoms with Crippen molar-refractivity contribution in [3.8, 4) is 0 Å². The summed E-state index contributed by atoms with van der Waals surface area (Å²) in [4.78, 5) is 12.3. The van der Waals surface area contributed by atoms with E-state index in [-0.39, 0.29) is 25.1 Å². The number of esters is 1. The Kier molecular flexibility index (Phi) is 6.61. The van der Waals surface area contributed by atoms with Crippen molar-refractivity contribution in [1.82, 2.24) is 0 Å². The lowest BCUT2D eigenvalue weighted by atomic mass is 9.77. The normalized spacial score (nSPS) is 13.8. The van der Waals surface area contributed by atoms with Gasteiger partial charge in [-0.25, -0.2) is 4.39 Å². The van der Waals surface area contributed by atoms with Crippen molar-refractivity contribution in [2.24, 2.45) is 5.73 Å². The fourth-order valence-electron chi connectivity index (χ4n) is 2.15. The second-order valence-corrected chi connectivity index (χ2v) is 4.43. The topological polar surface area (TPSA) is 61.5 Å². The average molecular weight is 283 g/mol. The molecule has 0 amide bonds. The van der Waals surface area contributed by atoms with Gasteiger partial charge in [-0.3, -0.25) is 4.79 Å². The quantitative estimate of drug-likeness (QED) is 0.585. The maximum Gasteiger partial charge on any atom is 0.318 e. The molecule has 1 unspecified atom stereocenters. The second-order valence-electron chi connectivity index (χ2n) is 4.43. The third kappa shape index (κ3) is 3.55. The molecule has 0 heterocycles. The van der Waals surface area contributed by atoms with E-state index in [1.165, 1.54) is 6.07 Å². The Morgan fingerprint density at radius 1 is 1.30 bits per heavy atom. The van der Waals surface area contributed by atoms with Gasteiger partial charge in [0, 0.05) is 25.3 Å². The SMILES string of the molecule is CCOCCC(CN)(C(=O)OCC)c1ccccc1F. The highest BCUT2D eigenvalue weighted by molar-refractivity contribution is 5.83. The smallest absolute Gasteiger partial charge is 0.318 e. The highest BCUT2D eigenvalue weighted by atomic mass is 19.1. The Morgan fingerprint density at radius 2 is 2.00 bits per heavy atom. The van der Waals surface area contributed by atoms with E-state index in [0.717, 1.165) is 0 Å². The van der Waals surface area contributed by atoms with Gasteiger partial charge in [0.25, 0.3) is 0 Å². The first-order valence-electron chi connectivity index (χ1n) is 6.82. The number of ether oxygens (including phenoxy) is 2. The van der Waals surface area contributed by atoms with E-state index in [1.807, 2.05) is 6.92 Å². The number of halogens is 1. The minimum absolute atomic E-state index is 0.0279. The highest BCUT2D eigenvalue weighted by Gasteiger charge is 2.42. The van der Waals surface area contributed by atoms with Gasteiger partial charge in [-0.15, -0.1) is 0 Å². The van der Waals surface area contributed by atoms with Crippen molar-refractivity contribution in [3.05, 3.63) is 35.6 Å². The van der Waals surface area contributed by atoms with Gasteiger partial charge in [0.05, 0.1) is 6.61 Å². The van der Waals surface area contributed by atoms with Crippen LogP contribution in [0.5, 0.6) is 0 Å². The van der Waals surface area contributed by atoms with Gasteiger partial charge in [0.2, 0.25) is 0 Å². The monoisotopic (exact) mass is 283 g/mol. The minimum Gasteiger partial charge on any atom is -0.465 e. The van der Waals surface area contributed by atoms with Crippen LogP contribution in [0.25, 0.3) is 0 Å². The fraction of sp³-hybridized carbons (Fsp3) is 0.533. The van der Waals surface area contributed by atoms with E-state index in [1.54, 1.807) is 25.1 Å². The minimum atomic E-state index is -1.20. The summed E-state index contributed by atoms with van der Waals surface area (Å²) in [6.45, 7) is 4.62. The van der Waals surface area contributed by atoms with Crippen LogP contribution in [-0.4, -0.2) is 32.3 Å². The van der Waals surface area contributed by atoms with Crippen LogP contribution in [0, 0.1) is 5.82 Å². The molecule has 112 valence electrons. The molecule has 0 spiro atoms. The molecule has 0 aliphatic carbocycles. The van der Waals surface area contributed by atoms with Crippen molar-refractivity contribution >= 4 is 5.97 Å². The van der Waals surface area contributed by atoms with Gasteiger partial charge in [-0.2, -0.15) is 0 Å². The predicted molar refractivity (Wildman–Crippen MR) is 74.9 cm³/mol. The van der Waals surface area contributed by atoms with Crippen LogP contribution in [0.15, 0.2) is 24.3 Å². The molecule has 20 heavy (non-hydrogen) atoms. The molecule has 4 nitrogen and oxygen atoms in total. The highest BCUT2D eigenvalue weighted by Crippen LogP contribution is 2.31. The summed E-state index contributed by atoms with van der Waals surface area (Å²) in [5.74, 6) is -0.963. The van der Waals surface area contributed by atoms with Crippen LogP contribution in [0.1, 0.15) is 25.8 Å². The van der Waals surface area contributed by atoms with Crippen LogP contribution in [0.2, 0.25) is 0 Å². The average Bonchev–Trinajstić information content (AvgIpc) is 2.45. The lowest BCUT2D eigenvalue weighted by molar-refractivity contribution is -0.150. The summed E-state index contributed by atoms with van der Waals surface area (Å²) in [7, 11) is 0. The van der Waals surface area contributed by atoms with Crippen molar-refractivity contribution in [1.29, 1.82) is 0 Å². The molecule has 2 N–H and O–H groups in total. The van der Waals surface area contributed by atoms with Gasteiger partial charge >= 0.3 is 5.97 Å². The van der Waals surface area contributed by atoms with Gasteiger partial charge in [0.15, 0.2) is 0 Å². The zero-order valence-electron chi connectivity index (χ0n) is 12.0. The van der Waals surface area contributed by atoms with Crippen LogP contribution in [0.4, 0.5) is 4.39 Å². The van der Waals surface area contributed by atoms with E-state index in [2.05, 4.69) is 0 Å². The molecule has 0 aromatic heterocycles. The van der Waals surface area contributed by atoms with E-state index >= 15 is 0 Å². The number of carbonyl (C=O) groups is 1. The number of nitrogens with two attached hydrogens (primary N) is 1. The van der Waals surface area contributed by atoms with Crippen LogP contribution in [0.3, 0.4) is 0 Å². The Morgan fingerprint density at radius 3 is 2.55 bits per heavy atom. The molecule has 0 aliphatic rings. The Labute approximate surface area is 119 Å². The number of hydrogen-bond donors (Lipinski definition) is 1. The molecule has 0 saturated carbocycles. The molecule has 1 rings (SSSR count). The summed E-state index contributed by atoms with van der Waals surface area (Å²) in [6.07, 6.45) is 0.289. The van der Waals surface area contributed by atoms with Gasteiger partial charge < -0.3 is 15.2 Å². The molecule has 1 atom stereocenters. The number of hydrogen-bond acceptors (Lipinski definition) is 4. The summed E-state index contributed by atoms with van der Waals surface area (Å²) >= 11 is 0. The molecule has 1 aromatic carbocycles.